The van der Waals surface area contributed by atoms with E-state index in [9.17, 15) is 0 Å². The molecule has 0 fully saturated rings. The second-order valence-electron chi connectivity index (χ2n) is 0.971. The maximum absolute atomic E-state index is 7.77. The molecular weight excluding hydrogens is 127 g/mol. The van der Waals surface area contributed by atoms with E-state index >= 15 is 0 Å². The summed E-state index contributed by atoms with van der Waals surface area (Å²) in [5.74, 6) is 0. The van der Waals surface area contributed by atoms with E-state index in [0.29, 0.717) is 0 Å². The standard InChI is InChI=1S/CH6O3Si.K.H/c1-5(2,3)4;;/h2-4H,1H3;;. The normalized spacial score (nSPS) is 10.0. The van der Waals surface area contributed by atoms with Crippen molar-refractivity contribution in [2.75, 3.05) is 0 Å². The van der Waals surface area contributed by atoms with Gasteiger partial charge in [0.25, 0.3) is 0 Å². The van der Waals surface area contributed by atoms with E-state index in [-0.39, 0.29) is 51.4 Å². The Kier molecular flexibility index (Phi) is 6.58. The molecule has 0 amide bonds. The Morgan fingerprint density at radius 1 is 1.17 bits per heavy atom. The minimum absolute atomic E-state index is 0. The fourth-order valence-electron chi connectivity index (χ4n) is 0. The predicted octanol–water partition coefficient (Wildman–Crippen LogP) is -2.12. The van der Waals surface area contributed by atoms with Crippen LogP contribution in [-0.4, -0.2) is 74.6 Å². The molecule has 3 N–H and O–H groups in total. The van der Waals surface area contributed by atoms with Gasteiger partial charge < -0.3 is 14.4 Å². The second kappa shape index (κ2) is 3.70. The molecule has 0 atom stereocenters. The first kappa shape index (κ1) is 10.7. The summed E-state index contributed by atoms with van der Waals surface area (Å²) in [6, 6.07) is 0. The third kappa shape index (κ3) is 42.8. The summed E-state index contributed by atoms with van der Waals surface area (Å²) >= 11 is 0. The molecule has 5 heteroatoms. The zero-order chi connectivity index (χ0) is 4.50. The van der Waals surface area contributed by atoms with Gasteiger partial charge in [-0.1, -0.05) is 0 Å². The molecule has 0 unspecified atom stereocenters. The van der Waals surface area contributed by atoms with Crippen molar-refractivity contribution in [3.8, 4) is 0 Å². The van der Waals surface area contributed by atoms with Crippen LogP contribution in [0.1, 0.15) is 0 Å². The van der Waals surface area contributed by atoms with E-state index in [1.807, 2.05) is 0 Å². The SMILES string of the molecule is C[Si](O)(O)O.[KH]. The molecule has 3 nitrogen and oxygen atoms in total. The third-order valence-corrected chi connectivity index (χ3v) is 0. The molecule has 0 heterocycles. The van der Waals surface area contributed by atoms with Gasteiger partial charge in [0.1, 0.15) is 0 Å². The van der Waals surface area contributed by atoms with Crippen molar-refractivity contribution in [1.29, 1.82) is 0 Å². The molecule has 0 bridgehead atoms. The van der Waals surface area contributed by atoms with E-state index in [1.165, 1.54) is 0 Å². The minimum atomic E-state index is -3.61. The second-order valence-corrected chi connectivity index (χ2v) is 2.91. The van der Waals surface area contributed by atoms with Gasteiger partial charge in [0.15, 0.2) is 0 Å². The summed E-state index contributed by atoms with van der Waals surface area (Å²) in [6.07, 6.45) is 0. The molecule has 0 aromatic rings. The first-order valence-electron chi connectivity index (χ1n) is 1.17. The Morgan fingerprint density at radius 3 is 1.17 bits per heavy atom. The van der Waals surface area contributed by atoms with Crippen molar-refractivity contribution in [1.82, 2.24) is 0 Å². The van der Waals surface area contributed by atoms with Crippen molar-refractivity contribution in [3.63, 3.8) is 0 Å². The molecule has 0 radical (unpaired) electrons. The molecule has 6 heavy (non-hydrogen) atoms. The Bertz CT molecular complexity index is 26.3. The molecule has 0 aromatic carbocycles. The van der Waals surface area contributed by atoms with Crippen LogP contribution < -0.4 is 0 Å². The summed E-state index contributed by atoms with van der Waals surface area (Å²) in [5, 5.41) is 0. The van der Waals surface area contributed by atoms with Crippen LogP contribution in [0.3, 0.4) is 0 Å². The van der Waals surface area contributed by atoms with Crippen molar-refractivity contribution < 1.29 is 14.4 Å². The van der Waals surface area contributed by atoms with Gasteiger partial charge in [0.05, 0.1) is 0 Å². The predicted molar refractivity (Wildman–Crippen MR) is 25.4 cm³/mol. The van der Waals surface area contributed by atoms with Crippen LogP contribution in [0.2, 0.25) is 6.55 Å². The molecule has 0 aliphatic carbocycles. The van der Waals surface area contributed by atoms with Gasteiger partial charge in [0.2, 0.25) is 0 Å². The van der Waals surface area contributed by atoms with E-state index in [0.717, 1.165) is 6.55 Å². The van der Waals surface area contributed by atoms with Gasteiger partial charge in [-0.2, -0.15) is 0 Å². The zero-order valence-electron chi connectivity index (χ0n) is 2.84. The number of hydrogen-bond acceptors (Lipinski definition) is 3. The Morgan fingerprint density at radius 2 is 1.17 bits per heavy atom. The molecule has 34 valence electrons. The Hall–Kier alpha value is 1.73. The summed E-state index contributed by atoms with van der Waals surface area (Å²) < 4.78 is 0. The Balaban J connectivity index is 0. The summed E-state index contributed by atoms with van der Waals surface area (Å²) in [4.78, 5) is 23.3. The summed E-state index contributed by atoms with van der Waals surface area (Å²) in [7, 11) is -3.61. The quantitative estimate of drug-likeness (QED) is 0.332. The van der Waals surface area contributed by atoms with Crippen molar-refractivity contribution in [3.05, 3.63) is 0 Å². The van der Waals surface area contributed by atoms with Crippen LogP contribution in [0.5, 0.6) is 0 Å². The van der Waals surface area contributed by atoms with Crippen LogP contribution >= 0.6 is 0 Å². The van der Waals surface area contributed by atoms with E-state index in [1.54, 1.807) is 0 Å². The van der Waals surface area contributed by atoms with Crippen molar-refractivity contribution >= 4 is 60.2 Å². The average molecular weight is 134 g/mol. The first-order valence-corrected chi connectivity index (χ1v) is 3.51. The molecular formula is CH7KO3Si. The van der Waals surface area contributed by atoms with Crippen molar-refractivity contribution in [2.24, 2.45) is 0 Å². The van der Waals surface area contributed by atoms with Crippen LogP contribution in [-0.2, 0) is 0 Å². The van der Waals surface area contributed by atoms with Gasteiger partial charge in [0, 0.05) is 6.55 Å². The molecule has 0 rings (SSSR count). The molecule has 0 saturated heterocycles. The third-order valence-electron chi connectivity index (χ3n) is 0. The van der Waals surface area contributed by atoms with E-state index in [4.69, 9.17) is 14.4 Å². The summed E-state index contributed by atoms with van der Waals surface area (Å²) in [5.41, 5.74) is 0. The number of rotatable bonds is 0. The average Bonchev–Trinajstić information content (AvgIpc) is 0.722. The maximum atomic E-state index is 7.77. The Labute approximate surface area is 79.8 Å². The number of hydrogen-bond donors (Lipinski definition) is 3. The molecule has 0 aliphatic heterocycles. The van der Waals surface area contributed by atoms with Gasteiger partial charge in [-0.15, -0.1) is 0 Å². The van der Waals surface area contributed by atoms with Gasteiger partial charge in [-0.25, -0.2) is 0 Å². The van der Waals surface area contributed by atoms with Crippen LogP contribution in [0.15, 0.2) is 0 Å². The van der Waals surface area contributed by atoms with Crippen LogP contribution in [0, 0.1) is 0 Å². The fourth-order valence-corrected chi connectivity index (χ4v) is 0. The molecule has 0 spiro atoms. The van der Waals surface area contributed by atoms with Crippen LogP contribution in [0.4, 0.5) is 0 Å². The van der Waals surface area contributed by atoms with Gasteiger partial charge in [-0.3, -0.25) is 0 Å². The van der Waals surface area contributed by atoms with Crippen molar-refractivity contribution in [2.45, 2.75) is 6.55 Å². The molecule has 0 saturated carbocycles. The molecule has 0 aromatic heterocycles. The summed E-state index contributed by atoms with van der Waals surface area (Å²) in [6.45, 7) is 0.993. The fraction of sp³-hybridized carbons (Fsp3) is 1.00. The molecule has 0 aliphatic rings. The van der Waals surface area contributed by atoms with E-state index < -0.39 is 8.80 Å². The van der Waals surface area contributed by atoms with Gasteiger partial charge >= 0.3 is 60.2 Å². The first-order chi connectivity index (χ1) is 2.00. The van der Waals surface area contributed by atoms with E-state index in [2.05, 4.69) is 0 Å². The zero-order valence-corrected chi connectivity index (χ0v) is 3.84. The van der Waals surface area contributed by atoms with Gasteiger partial charge in [-0.05, 0) is 0 Å². The van der Waals surface area contributed by atoms with Crippen LogP contribution in [0.25, 0.3) is 0 Å². The topological polar surface area (TPSA) is 60.7 Å². The monoisotopic (exact) mass is 134 g/mol.